The van der Waals surface area contributed by atoms with Crippen LogP contribution in [0.5, 0.6) is 0 Å². The monoisotopic (exact) mass is 279 g/mol. The van der Waals surface area contributed by atoms with Crippen LogP contribution >= 0.6 is 11.8 Å². The topological polar surface area (TPSA) is 66.4 Å². The number of nitrogens with one attached hydrogen (secondary N) is 1. The van der Waals surface area contributed by atoms with Crippen LogP contribution in [0.25, 0.3) is 0 Å². The molecule has 0 bridgehead atoms. The van der Waals surface area contributed by atoms with Gasteiger partial charge in [-0.15, -0.1) is 0 Å². The molecule has 1 amide bonds. The fourth-order valence-electron chi connectivity index (χ4n) is 2.15. The molecule has 1 aliphatic rings. The van der Waals surface area contributed by atoms with Crippen molar-refractivity contribution in [1.82, 2.24) is 5.32 Å². The Balaban J connectivity index is 1.85. The first kappa shape index (κ1) is 13.9. The summed E-state index contributed by atoms with van der Waals surface area (Å²) in [7, 11) is 0. The number of carbonyl (C=O) groups is 2. The van der Waals surface area contributed by atoms with Crippen molar-refractivity contribution in [3.05, 3.63) is 35.4 Å². The first-order chi connectivity index (χ1) is 9.18. The van der Waals surface area contributed by atoms with Gasteiger partial charge in [-0.25, -0.2) is 4.79 Å². The summed E-state index contributed by atoms with van der Waals surface area (Å²) in [6.45, 7) is 0.490. The summed E-state index contributed by atoms with van der Waals surface area (Å²) in [5.41, 5.74) is 1.07. The Bertz CT molecular complexity index is 470. The van der Waals surface area contributed by atoms with E-state index >= 15 is 0 Å². The average Bonchev–Trinajstić information content (AvgIpc) is 2.93. The summed E-state index contributed by atoms with van der Waals surface area (Å²) in [5, 5.41) is 12.0. The SMILES string of the molecule is O=C(O)c1ccccc1CCNC(=O)C1CCSC1. The molecule has 4 nitrogen and oxygen atoms in total. The van der Waals surface area contributed by atoms with Gasteiger partial charge in [0, 0.05) is 18.2 Å². The molecule has 0 saturated carbocycles. The number of amides is 1. The van der Waals surface area contributed by atoms with Crippen molar-refractivity contribution >= 4 is 23.6 Å². The molecule has 5 heteroatoms. The Morgan fingerprint density at radius 1 is 1.37 bits per heavy atom. The highest BCUT2D eigenvalue weighted by molar-refractivity contribution is 7.99. The summed E-state index contributed by atoms with van der Waals surface area (Å²) in [4.78, 5) is 22.9. The highest BCUT2D eigenvalue weighted by atomic mass is 32.2. The minimum atomic E-state index is -0.922. The van der Waals surface area contributed by atoms with E-state index in [0.29, 0.717) is 18.5 Å². The summed E-state index contributed by atoms with van der Waals surface area (Å²) < 4.78 is 0. The molecule has 0 aromatic heterocycles. The number of aromatic carboxylic acids is 1. The molecule has 1 unspecified atom stereocenters. The summed E-state index contributed by atoms with van der Waals surface area (Å²) in [5.74, 6) is 1.25. The van der Waals surface area contributed by atoms with Gasteiger partial charge < -0.3 is 10.4 Å². The van der Waals surface area contributed by atoms with E-state index in [0.717, 1.165) is 23.5 Å². The van der Waals surface area contributed by atoms with Crippen LogP contribution in [-0.4, -0.2) is 35.0 Å². The lowest BCUT2D eigenvalue weighted by atomic mass is 10.0. The molecule has 1 aliphatic heterocycles. The largest absolute Gasteiger partial charge is 0.478 e. The number of carbonyl (C=O) groups excluding carboxylic acids is 1. The minimum absolute atomic E-state index is 0.0952. The second-order valence-electron chi connectivity index (χ2n) is 4.56. The fourth-order valence-corrected chi connectivity index (χ4v) is 3.37. The highest BCUT2D eigenvalue weighted by Crippen LogP contribution is 2.23. The van der Waals surface area contributed by atoms with Crippen molar-refractivity contribution in [3.63, 3.8) is 0 Å². The van der Waals surface area contributed by atoms with E-state index in [4.69, 9.17) is 5.11 Å². The summed E-state index contributed by atoms with van der Waals surface area (Å²) >= 11 is 1.81. The van der Waals surface area contributed by atoms with Crippen LogP contribution in [0, 0.1) is 5.92 Å². The van der Waals surface area contributed by atoms with Crippen LogP contribution < -0.4 is 5.32 Å². The molecule has 1 aromatic carbocycles. The molecular formula is C14H17NO3S. The number of hydrogen-bond acceptors (Lipinski definition) is 3. The Hall–Kier alpha value is -1.49. The maximum atomic E-state index is 11.8. The first-order valence-corrected chi connectivity index (χ1v) is 7.50. The molecule has 0 aliphatic carbocycles. The van der Waals surface area contributed by atoms with Crippen LogP contribution in [0.1, 0.15) is 22.3 Å². The summed E-state index contributed by atoms with van der Waals surface area (Å²) in [6, 6.07) is 6.91. The first-order valence-electron chi connectivity index (χ1n) is 6.35. The van der Waals surface area contributed by atoms with E-state index in [1.807, 2.05) is 17.8 Å². The molecule has 1 atom stereocenters. The van der Waals surface area contributed by atoms with E-state index < -0.39 is 5.97 Å². The lowest BCUT2D eigenvalue weighted by Gasteiger charge is -2.10. The highest BCUT2D eigenvalue weighted by Gasteiger charge is 2.22. The fraction of sp³-hybridized carbons (Fsp3) is 0.429. The maximum Gasteiger partial charge on any atom is 0.335 e. The molecular weight excluding hydrogens is 262 g/mol. The number of hydrogen-bond donors (Lipinski definition) is 2. The van der Waals surface area contributed by atoms with Crippen molar-refractivity contribution in [3.8, 4) is 0 Å². The summed E-state index contributed by atoms with van der Waals surface area (Å²) in [6.07, 6.45) is 1.50. The quantitative estimate of drug-likeness (QED) is 0.862. The van der Waals surface area contributed by atoms with Crippen LogP contribution in [0.2, 0.25) is 0 Å². The second kappa shape index (κ2) is 6.61. The van der Waals surface area contributed by atoms with Gasteiger partial charge in [0.2, 0.25) is 5.91 Å². The third-order valence-corrected chi connectivity index (χ3v) is 4.40. The Labute approximate surface area is 116 Å². The zero-order valence-corrected chi connectivity index (χ0v) is 11.4. The van der Waals surface area contributed by atoms with Gasteiger partial charge in [-0.2, -0.15) is 11.8 Å². The van der Waals surface area contributed by atoms with Crippen LogP contribution in [-0.2, 0) is 11.2 Å². The van der Waals surface area contributed by atoms with E-state index in [-0.39, 0.29) is 11.8 Å². The number of carboxylic acids is 1. The van der Waals surface area contributed by atoms with Gasteiger partial charge in [0.1, 0.15) is 0 Å². The van der Waals surface area contributed by atoms with Gasteiger partial charge in [0.05, 0.1) is 5.56 Å². The molecule has 2 rings (SSSR count). The lowest BCUT2D eigenvalue weighted by Crippen LogP contribution is -2.32. The number of rotatable bonds is 5. The molecule has 102 valence electrons. The average molecular weight is 279 g/mol. The van der Waals surface area contributed by atoms with Crippen molar-refractivity contribution in [2.75, 3.05) is 18.1 Å². The van der Waals surface area contributed by atoms with Crippen molar-refractivity contribution in [1.29, 1.82) is 0 Å². The van der Waals surface area contributed by atoms with E-state index in [9.17, 15) is 9.59 Å². The molecule has 19 heavy (non-hydrogen) atoms. The van der Waals surface area contributed by atoms with Crippen molar-refractivity contribution < 1.29 is 14.7 Å². The van der Waals surface area contributed by atoms with Crippen LogP contribution in [0.3, 0.4) is 0 Å². The van der Waals surface area contributed by atoms with Gasteiger partial charge in [0.25, 0.3) is 0 Å². The molecule has 0 spiro atoms. The minimum Gasteiger partial charge on any atom is -0.478 e. The van der Waals surface area contributed by atoms with E-state index in [1.165, 1.54) is 0 Å². The van der Waals surface area contributed by atoms with E-state index in [2.05, 4.69) is 5.32 Å². The van der Waals surface area contributed by atoms with Crippen LogP contribution in [0.15, 0.2) is 24.3 Å². The van der Waals surface area contributed by atoms with Gasteiger partial charge in [-0.05, 0) is 30.2 Å². The predicted octanol–water partition coefficient (Wildman–Crippen LogP) is 1.80. The van der Waals surface area contributed by atoms with Gasteiger partial charge >= 0.3 is 5.97 Å². The second-order valence-corrected chi connectivity index (χ2v) is 5.71. The maximum absolute atomic E-state index is 11.8. The molecule has 1 aromatic rings. The Morgan fingerprint density at radius 2 is 2.16 bits per heavy atom. The molecule has 1 fully saturated rings. The van der Waals surface area contributed by atoms with Crippen molar-refractivity contribution in [2.24, 2.45) is 5.92 Å². The Morgan fingerprint density at radius 3 is 2.84 bits per heavy atom. The van der Waals surface area contributed by atoms with Gasteiger partial charge in [0.15, 0.2) is 0 Å². The standard InChI is InChI=1S/C14H17NO3S/c16-13(11-6-8-19-9-11)15-7-5-10-3-1-2-4-12(10)14(17)18/h1-4,11H,5-9H2,(H,15,16)(H,17,18). The van der Waals surface area contributed by atoms with Crippen molar-refractivity contribution in [2.45, 2.75) is 12.8 Å². The van der Waals surface area contributed by atoms with E-state index in [1.54, 1.807) is 18.2 Å². The van der Waals surface area contributed by atoms with Gasteiger partial charge in [-0.1, -0.05) is 18.2 Å². The molecule has 0 radical (unpaired) electrons. The van der Waals surface area contributed by atoms with Crippen LogP contribution in [0.4, 0.5) is 0 Å². The number of thioether (sulfide) groups is 1. The number of carboxylic acid groups (broad SMARTS) is 1. The lowest BCUT2D eigenvalue weighted by molar-refractivity contribution is -0.124. The third-order valence-electron chi connectivity index (χ3n) is 3.24. The zero-order valence-electron chi connectivity index (χ0n) is 10.6. The smallest absolute Gasteiger partial charge is 0.335 e. The Kier molecular flexibility index (Phi) is 4.85. The molecule has 2 N–H and O–H groups in total. The molecule has 1 saturated heterocycles. The molecule has 1 heterocycles. The third kappa shape index (κ3) is 3.73. The normalized spacial score (nSPS) is 18.2. The van der Waals surface area contributed by atoms with Gasteiger partial charge in [-0.3, -0.25) is 4.79 Å². The number of benzene rings is 1. The zero-order chi connectivity index (χ0) is 13.7. The predicted molar refractivity (Wildman–Crippen MR) is 75.5 cm³/mol.